The summed E-state index contributed by atoms with van der Waals surface area (Å²) in [4.78, 5) is 84.2. The fourth-order valence-corrected chi connectivity index (χ4v) is 26.1. The number of esters is 2. The van der Waals surface area contributed by atoms with Gasteiger partial charge in [0.15, 0.2) is 74.2 Å². The summed E-state index contributed by atoms with van der Waals surface area (Å²) >= 11 is 1.04. The fourth-order valence-electron chi connectivity index (χ4n) is 25.3. The topological polar surface area (TPSA) is 791 Å². The number of hydrazone groups is 1. The molecule has 10 heterocycles. The van der Waals surface area contributed by atoms with Crippen LogP contribution >= 0.6 is 11.8 Å². The summed E-state index contributed by atoms with van der Waals surface area (Å²) < 4.78 is 116. The third kappa shape index (κ3) is 22.8. The van der Waals surface area contributed by atoms with Crippen LogP contribution in [0.5, 0.6) is 0 Å². The van der Waals surface area contributed by atoms with Gasteiger partial charge in [0.25, 0.3) is 11.8 Å². The molecule has 5 aliphatic carbocycles. The van der Waals surface area contributed by atoms with Gasteiger partial charge >= 0.3 is 17.9 Å². The van der Waals surface area contributed by atoms with Crippen LogP contribution in [0, 0.1) is 50.7 Å². The number of thioether (sulfide) groups is 1. The number of aliphatic carboxylic acids is 1. The first-order chi connectivity index (χ1) is 69.7. The molecule has 15 aliphatic rings. The molecule has 10 aliphatic heterocycles. The highest BCUT2D eigenvalue weighted by molar-refractivity contribution is 8.04. The van der Waals surface area contributed by atoms with E-state index in [9.17, 15) is 147 Å². The zero-order chi connectivity index (χ0) is 108. The Labute approximate surface area is 854 Å². The Bertz CT molecular complexity index is 4650. The van der Waals surface area contributed by atoms with Gasteiger partial charge in [-0.25, -0.2) is 15.0 Å². The number of fused-ring (bicyclic) bond motifs is 7. The summed E-state index contributed by atoms with van der Waals surface area (Å²) in [6.45, 7) is 13.2. The number of carbonyl (C=O) groups excluding carboxylic acids is 5. The Morgan fingerprint density at radius 1 is 0.500 bits per heavy atom. The number of ether oxygens (including phenoxy) is 19. The number of unbranched alkanes of at least 4 members (excludes halogenated alkanes) is 2. The van der Waals surface area contributed by atoms with Gasteiger partial charge in [-0.1, -0.05) is 59.6 Å². The lowest BCUT2D eigenvalue weighted by Crippen LogP contribution is -2.70. The highest BCUT2D eigenvalue weighted by Crippen LogP contribution is 2.76. The number of hydrogen-bond acceptors (Lipinski definition) is 50. The van der Waals surface area contributed by atoms with Gasteiger partial charge in [0, 0.05) is 49.3 Å². The number of aliphatic hydroxyl groups is 23. The number of nitrogens with zero attached hydrogens (tertiary/aromatic N) is 2. The largest absolute Gasteiger partial charge is 0.479 e. The van der Waals surface area contributed by atoms with Crippen molar-refractivity contribution in [2.24, 2.45) is 55.8 Å². The van der Waals surface area contributed by atoms with E-state index in [0.29, 0.717) is 32.1 Å². The van der Waals surface area contributed by atoms with Gasteiger partial charge in [0.1, 0.15) is 165 Å². The molecule has 53 heteroatoms. The number of rotatable bonds is 33. The van der Waals surface area contributed by atoms with Gasteiger partial charge in [-0.15, -0.1) is 11.8 Å². The molecule has 9 saturated heterocycles. The van der Waals surface area contributed by atoms with E-state index >= 15 is 4.79 Å². The molecule has 148 heavy (non-hydrogen) atoms. The Morgan fingerprint density at radius 3 is 1.59 bits per heavy atom. The lowest BCUT2D eigenvalue weighted by atomic mass is 9.33. The summed E-state index contributed by atoms with van der Waals surface area (Å²) in [6.07, 6.45) is -74.7. The SMILES string of the molecule is CC(=O)OC1C(C)OC(OC2C(C)OC(OC(=O)[C@@]3(O)C[C@]4(C)C(=CCC5[C@@]6(C)CC[C@H](OC7OC(C(=O)O)C(O)C(OC8OCC(O)C(O)C8O)C7OC7OC(CO)C(O)C(O)C7O)[C@@](C)(/C=N/NC(=O)CCCCCN7C(=O)C=C(SCCO)C7=O)C6CC[C@]54C)C4CC(C)(C)CCC43)C(OC3OC(C)C(OC4OCC(O)C(OC5OC(CO)C(O)C(O)C5O)C4O)C(O)C3O)C2O)C(O)C1OC1OCC(O)C(O)C1O. The summed E-state index contributed by atoms with van der Waals surface area (Å²) in [5.74, 6) is -8.07. The van der Waals surface area contributed by atoms with E-state index in [1.165, 1.54) is 33.1 Å². The van der Waals surface area contributed by atoms with Crippen LogP contribution in [0.1, 0.15) is 153 Å². The number of allylic oxidation sites excluding steroid dienone is 2. The van der Waals surface area contributed by atoms with E-state index in [4.69, 9.17) is 90.0 Å². The lowest BCUT2D eigenvalue weighted by molar-refractivity contribution is -0.392. The molecule has 0 bridgehead atoms. The minimum atomic E-state index is -2.53. The lowest BCUT2D eigenvalue weighted by Gasteiger charge is -2.71. The zero-order valence-corrected chi connectivity index (χ0v) is 84.3. The van der Waals surface area contributed by atoms with Crippen LogP contribution in [0.4, 0.5) is 0 Å². The van der Waals surface area contributed by atoms with Crippen LogP contribution < -0.4 is 5.43 Å². The molecule has 0 spiro atoms. The van der Waals surface area contributed by atoms with Gasteiger partial charge in [-0.3, -0.25) is 24.1 Å². The van der Waals surface area contributed by atoms with Crippen molar-refractivity contribution < 1.29 is 241 Å². The molecular weight excluding hydrogens is 2000 g/mol. The van der Waals surface area contributed by atoms with Crippen LogP contribution in [-0.2, 0) is 119 Å². The molecular formula is C95H147N3O49S. The highest BCUT2D eigenvalue weighted by Gasteiger charge is 2.74. The molecule has 0 aromatic rings. The van der Waals surface area contributed by atoms with Crippen molar-refractivity contribution in [3.63, 3.8) is 0 Å². The van der Waals surface area contributed by atoms with Crippen LogP contribution in [0.25, 0.3) is 0 Å². The zero-order valence-electron chi connectivity index (χ0n) is 83.5. The third-order valence-electron chi connectivity index (χ3n) is 33.6. The van der Waals surface area contributed by atoms with Crippen molar-refractivity contribution in [1.29, 1.82) is 0 Å². The van der Waals surface area contributed by atoms with Gasteiger partial charge < -0.3 is 213 Å². The minimum Gasteiger partial charge on any atom is -0.479 e. The molecule has 52 nitrogen and oxygen atoms in total. The first-order valence-corrected chi connectivity index (χ1v) is 51.5. The maximum absolute atomic E-state index is 16.6. The summed E-state index contributed by atoms with van der Waals surface area (Å²) in [7, 11) is 0. The maximum atomic E-state index is 16.6. The quantitative estimate of drug-likeness (QED) is 0.00552. The van der Waals surface area contributed by atoms with E-state index < -0.39 is 389 Å². The van der Waals surface area contributed by atoms with Gasteiger partial charge in [0.05, 0.1) is 69.0 Å². The Kier molecular flexibility index (Phi) is 37.1. The Hall–Kier alpha value is -5.08. The number of nitrogens with one attached hydrogen (secondary N) is 1. The van der Waals surface area contributed by atoms with E-state index in [2.05, 4.69) is 44.3 Å². The average molecular weight is 2150 g/mol. The predicted octanol–water partition coefficient (Wildman–Crippen LogP) is -8.66. The predicted molar refractivity (Wildman–Crippen MR) is 489 cm³/mol. The molecule has 0 aromatic heterocycles. The number of carbonyl (C=O) groups is 6. The van der Waals surface area contributed by atoms with E-state index in [1.807, 2.05) is 6.92 Å². The number of carboxylic acids is 1. The van der Waals surface area contributed by atoms with Crippen molar-refractivity contribution in [1.82, 2.24) is 10.3 Å². The van der Waals surface area contributed by atoms with Crippen molar-refractivity contribution >= 4 is 53.6 Å². The molecule has 842 valence electrons. The number of aliphatic hydroxyl groups excluding tert-OH is 22. The van der Waals surface area contributed by atoms with E-state index in [-0.39, 0.29) is 75.2 Å². The number of carboxylic acid groups (broad SMARTS) is 1. The van der Waals surface area contributed by atoms with Gasteiger partial charge in [-0.05, 0) is 131 Å². The number of amides is 3. The summed E-state index contributed by atoms with van der Waals surface area (Å²) in [5.41, 5.74) is -4.04. The summed E-state index contributed by atoms with van der Waals surface area (Å²) in [6, 6.07) is 0. The molecule has 52 atom stereocenters. The van der Waals surface area contributed by atoms with Crippen LogP contribution in [-0.4, -0.2) is 491 Å². The van der Waals surface area contributed by atoms with Crippen molar-refractivity contribution in [3.05, 3.63) is 22.6 Å². The molecule has 25 N–H and O–H groups in total. The fraction of sp³-hybridized carbons (Fsp3) is 0.884. The molecule has 15 rings (SSSR count). The molecule has 4 saturated carbocycles. The molecule has 0 aromatic carbocycles. The summed E-state index contributed by atoms with van der Waals surface area (Å²) in [5, 5.41) is 275. The van der Waals surface area contributed by atoms with Crippen molar-refractivity contribution in [3.8, 4) is 0 Å². The first kappa shape index (κ1) is 117. The Morgan fingerprint density at radius 2 is 1.01 bits per heavy atom. The van der Waals surface area contributed by atoms with E-state index in [1.54, 1.807) is 6.92 Å². The number of hydrogen-bond donors (Lipinski definition) is 25. The van der Waals surface area contributed by atoms with Crippen LogP contribution in [0.2, 0.25) is 0 Å². The second-order valence-corrected chi connectivity index (χ2v) is 44.8. The normalized spacial score (nSPS) is 49.4. The monoisotopic (exact) mass is 2150 g/mol. The second kappa shape index (κ2) is 47.0. The highest BCUT2D eigenvalue weighted by atomic mass is 32.2. The maximum Gasteiger partial charge on any atom is 0.340 e. The van der Waals surface area contributed by atoms with Gasteiger partial charge in [0.2, 0.25) is 12.2 Å². The van der Waals surface area contributed by atoms with Crippen LogP contribution in [0.15, 0.2) is 27.7 Å². The molecule has 13 fully saturated rings. The third-order valence-corrected chi connectivity index (χ3v) is 34.6. The molecule has 46 unspecified atom stereocenters. The van der Waals surface area contributed by atoms with Gasteiger partial charge in [-0.2, -0.15) is 5.10 Å². The second-order valence-electron chi connectivity index (χ2n) is 43.7. The smallest absolute Gasteiger partial charge is 0.340 e. The van der Waals surface area contributed by atoms with Crippen molar-refractivity contribution in [2.45, 2.75) is 422 Å². The standard InChI is InChI=1S/C95H147N3O49S/c1-35-69(139-82-67(122)72(44(105)32-131-82)141-84-62(117)57(112)55(110)45(28-100)136-84)59(114)64(119)83(132-35)145-76-65(120)70(140-86-68(123)74(71(37(3)133-86)135-38(4)102)143-81-61(116)54(109)43(104)31-130-81)36(2)134-87(76)147-89(127)95(128)33-94(10)40(39-27-90(5,6)20-17-41(39)95)15-16-49-91(7)21-19-50(92(8,48(91)18-22-93(49,94)9)34-96-97-51(106)14-12-11-13-23-98-52(107)26-47(78(98)124)148-25-24-99)138-88-77(146-85-63(118)58(113)56(111)46(29-101)137-85)73(66(121)75(144-88)79(125)126)142-80-60(115)53(108)42(103)30-129-80/h15,26,34-37,39,41-46,48-50,53-77,80-88,99-101,103-105,108-123,128H,11-14,16-25,27-33H2,1-10H3,(H,97,106)(H,125,126)/b96-34+/t35?,36?,37?,39?,41?,42?,43?,44?,45?,46?,48?,49?,50-,53?,54?,55?,56?,57?,58?,59?,60?,61?,62?,63?,64?,65?,66?,67?,68?,69?,70?,71?,72?,73?,74?,75?,76?,77?,80?,81?,82?,83?,84?,85?,86?,87?,88?,91-,92-,93+,94+,95+/m0/s1. The minimum absolute atomic E-state index is 0.0282. The molecule has 3 amide bonds. The molecule has 0 radical (unpaired) electrons. The van der Waals surface area contributed by atoms with E-state index in [0.717, 1.165) is 29.2 Å². The first-order valence-electron chi connectivity index (χ1n) is 50.6. The average Bonchev–Trinajstić information content (AvgIpc) is 0.802. The Balaban J connectivity index is 0.738. The van der Waals surface area contributed by atoms with Crippen LogP contribution in [0.3, 0.4) is 0 Å². The number of imide groups is 1. The van der Waals surface area contributed by atoms with Crippen molar-refractivity contribution in [2.75, 3.05) is 51.9 Å².